The van der Waals surface area contributed by atoms with E-state index in [0.717, 1.165) is 12.8 Å². The first-order valence-electron chi connectivity index (χ1n) is 26.9. The van der Waals surface area contributed by atoms with Gasteiger partial charge in [-0.2, -0.15) is 0 Å². The molecule has 4 heteroatoms. The van der Waals surface area contributed by atoms with E-state index in [1.165, 1.54) is 123 Å². The van der Waals surface area contributed by atoms with Gasteiger partial charge < -0.3 is 14.7 Å². The average molecular weight is 954 g/mol. The van der Waals surface area contributed by atoms with Crippen molar-refractivity contribution < 1.29 is 0 Å². The minimum absolute atomic E-state index is 0.0187. The second-order valence-electron chi connectivity index (χ2n) is 25.6. The lowest BCUT2D eigenvalue weighted by Crippen LogP contribution is -2.61. The molecule has 0 fully saturated rings. The van der Waals surface area contributed by atoms with Crippen molar-refractivity contribution in [1.82, 2.24) is 0 Å². The van der Waals surface area contributed by atoms with Crippen molar-refractivity contribution in [1.29, 1.82) is 0 Å². The van der Waals surface area contributed by atoms with Crippen molar-refractivity contribution in [2.24, 2.45) is 0 Å². The molecule has 0 spiro atoms. The highest BCUT2D eigenvalue weighted by Gasteiger charge is 2.60. The van der Waals surface area contributed by atoms with Gasteiger partial charge in [0.1, 0.15) is 0 Å². The lowest BCUT2D eigenvalue weighted by atomic mass is 9.33. The summed E-state index contributed by atoms with van der Waals surface area (Å²) in [6, 6.07) is 61.9. The number of nitrogens with zero attached hydrogens (tertiary/aromatic N) is 3. The minimum Gasteiger partial charge on any atom is -0.330 e. The predicted octanol–water partition coefficient (Wildman–Crippen LogP) is 16.5. The first-order chi connectivity index (χ1) is 34.6. The number of rotatable bonds is 4. The van der Waals surface area contributed by atoms with Crippen LogP contribution in [-0.2, 0) is 33.6 Å². The molecule has 0 saturated heterocycles. The summed E-state index contributed by atoms with van der Waals surface area (Å²) in [4.78, 5) is 8.02. The molecular formula is C69H72BN3. The molecule has 8 aromatic rings. The normalized spacial score (nSPS) is 18.7. The Morgan fingerprint density at radius 1 is 0.466 bits per heavy atom. The number of aryl methyl sites for hydroxylation is 4. The highest BCUT2D eigenvalue weighted by atomic mass is 15.3. The van der Waals surface area contributed by atoms with Crippen LogP contribution in [0.15, 0.2) is 158 Å². The topological polar surface area (TPSA) is 9.72 Å². The number of hydrogen-bond acceptors (Lipinski definition) is 3. The highest BCUT2D eigenvalue weighted by molar-refractivity contribution is 7.00. The Morgan fingerprint density at radius 3 is 1.74 bits per heavy atom. The van der Waals surface area contributed by atoms with Crippen molar-refractivity contribution in [2.45, 2.75) is 137 Å². The van der Waals surface area contributed by atoms with Gasteiger partial charge in [-0.05, 0) is 178 Å². The van der Waals surface area contributed by atoms with E-state index in [9.17, 15) is 0 Å². The standard InChI is InChI=1S/C69H72BN3/c1-43-36-45(3)64-55(37-43)68(13)35-34-47-22-18-19-23-54(47)69(68,14)73(64)52-30-31-56-60(42-52)71(51-28-24-48(25-29-51)65(4,5)6)61-38-44(2)39-62-63(61)70(56)57-41-50(67(10,11)12)27-33-59(57)72(62)58-32-26-49(66(7,8)9)40-53(58)46-20-16-15-17-21-46/h15-33,36-42H,34-35H2,1-14H3. The van der Waals surface area contributed by atoms with Crippen molar-refractivity contribution in [3.8, 4) is 11.1 Å². The molecule has 0 saturated carbocycles. The third-order valence-corrected chi connectivity index (χ3v) is 17.7. The van der Waals surface area contributed by atoms with E-state index < -0.39 is 0 Å². The van der Waals surface area contributed by atoms with Gasteiger partial charge in [-0.15, -0.1) is 0 Å². The number of fused-ring (bicyclic) bond motifs is 9. The fourth-order valence-corrected chi connectivity index (χ4v) is 13.6. The number of hydrogen-bond donors (Lipinski definition) is 0. The third kappa shape index (κ3) is 7.06. The zero-order valence-electron chi connectivity index (χ0n) is 45.8. The Morgan fingerprint density at radius 2 is 1.05 bits per heavy atom. The molecule has 0 N–H and O–H groups in total. The SMILES string of the molecule is Cc1cc2c3c(c1)N(c1ccc(C(C)(C)C)cc1-c1ccccc1)c1ccc(C(C)(C)C)cc1B3c1ccc(N3c4c(C)cc(C)cc4C4(C)CCc5ccccc5C34C)cc1N2c1ccc(C(C)(C)C)cc1. The molecular weight excluding hydrogens is 882 g/mol. The summed E-state index contributed by atoms with van der Waals surface area (Å²) < 4.78 is 0. The fraction of sp³-hybridized carbons (Fsp3) is 0.304. The largest absolute Gasteiger partial charge is 0.330 e. The van der Waals surface area contributed by atoms with Gasteiger partial charge in [0.25, 0.3) is 6.71 Å². The predicted molar refractivity (Wildman–Crippen MR) is 314 cm³/mol. The molecule has 366 valence electrons. The summed E-state index contributed by atoms with van der Waals surface area (Å²) in [5.41, 5.74) is 28.2. The summed E-state index contributed by atoms with van der Waals surface area (Å²) in [5.74, 6) is 0. The molecule has 3 nitrogen and oxygen atoms in total. The van der Waals surface area contributed by atoms with Gasteiger partial charge in [0.2, 0.25) is 0 Å². The van der Waals surface area contributed by atoms with E-state index in [-0.39, 0.29) is 33.9 Å². The summed E-state index contributed by atoms with van der Waals surface area (Å²) in [6.07, 6.45) is 2.17. The Labute approximate surface area is 437 Å². The summed E-state index contributed by atoms with van der Waals surface area (Å²) in [6.45, 7) is 33.0. The lowest BCUT2D eigenvalue weighted by molar-refractivity contribution is 0.245. The molecule has 0 bridgehead atoms. The Hall–Kier alpha value is -6.78. The second-order valence-corrected chi connectivity index (χ2v) is 25.6. The van der Waals surface area contributed by atoms with Crippen LogP contribution in [0.2, 0.25) is 0 Å². The van der Waals surface area contributed by atoms with Crippen molar-refractivity contribution >= 4 is 68.6 Å². The van der Waals surface area contributed by atoms with Gasteiger partial charge in [-0.25, -0.2) is 0 Å². The van der Waals surface area contributed by atoms with Crippen LogP contribution < -0.4 is 31.1 Å². The second kappa shape index (κ2) is 16.1. The molecule has 0 aromatic heterocycles. The van der Waals surface area contributed by atoms with Crippen LogP contribution in [0.25, 0.3) is 11.1 Å². The van der Waals surface area contributed by atoms with Gasteiger partial charge >= 0.3 is 0 Å². The summed E-state index contributed by atoms with van der Waals surface area (Å²) in [7, 11) is 0. The Balaban J connectivity index is 1.16. The Bertz CT molecular complexity index is 3550. The number of benzene rings is 8. The van der Waals surface area contributed by atoms with Crippen molar-refractivity contribution in [3.05, 3.63) is 208 Å². The van der Waals surface area contributed by atoms with E-state index in [4.69, 9.17) is 0 Å². The van der Waals surface area contributed by atoms with Gasteiger partial charge in [-0.1, -0.05) is 178 Å². The third-order valence-electron chi connectivity index (χ3n) is 17.7. The monoisotopic (exact) mass is 954 g/mol. The van der Waals surface area contributed by atoms with Crippen LogP contribution in [0.4, 0.5) is 45.5 Å². The molecule has 3 aliphatic heterocycles. The average Bonchev–Trinajstić information content (AvgIpc) is 3.56. The van der Waals surface area contributed by atoms with E-state index in [1.54, 1.807) is 0 Å². The van der Waals surface area contributed by atoms with Gasteiger partial charge in [0, 0.05) is 50.8 Å². The zero-order valence-corrected chi connectivity index (χ0v) is 45.8. The van der Waals surface area contributed by atoms with Crippen LogP contribution >= 0.6 is 0 Å². The maximum atomic E-state index is 2.77. The molecule has 73 heavy (non-hydrogen) atoms. The summed E-state index contributed by atoms with van der Waals surface area (Å²) in [5, 5.41) is 0. The lowest BCUT2D eigenvalue weighted by Gasteiger charge is -2.51. The van der Waals surface area contributed by atoms with Gasteiger partial charge in [0.05, 0.1) is 11.2 Å². The fourth-order valence-electron chi connectivity index (χ4n) is 13.6. The molecule has 2 unspecified atom stereocenters. The Kier molecular flexibility index (Phi) is 10.4. The first kappa shape index (κ1) is 47.2. The van der Waals surface area contributed by atoms with E-state index in [0.29, 0.717) is 0 Å². The molecule has 2 atom stereocenters. The maximum Gasteiger partial charge on any atom is 0.252 e. The van der Waals surface area contributed by atoms with Crippen LogP contribution in [0, 0.1) is 20.8 Å². The van der Waals surface area contributed by atoms with E-state index >= 15 is 0 Å². The van der Waals surface area contributed by atoms with Crippen LogP contribution in [-0.4, -0.2) is 6.71 Å². The number of anilines is 8. The molecule has 4 aliphatic rings. The van der Waals surface area contributed by atoms with Crippen LogP contribution in [0.3, 0.4) is 0 Å². The minimum atomic E-state index is -0.328. The molecule has 0 radical (unpaired) electrons. The molecule has 0 amide bonds. The quantitative estimate of drug-likeness (QED) is 0.163. The van der Waals surface area contributed by atoms with Crippen molar-refractivity contribution in [2.75, 3.05) is 14.7 Å². The van der Waals surface area contributed by atoms with Gasteiger partial charge in [0.15, 0.2) is 0 Å². The van der Waals surface area contributed by atoms with Crippen LogP contribution in [0.1, 0.15) is 133 Å². The first-order valence-corrected chi connectivity index (χ1v) is 26.9. The van der Waals surface area contributed by atoms with Gasteiger partial charge in [-0.3, -0.25) is 0 Å². The maximum absolute atomic E-state index is 2.77. The van der Waals surface area contributed by atoms with Crippen molar-refractivity contribution in [3.63, 3.8) is 0 Å². The molecule has 8 aromatic carbocycles. The van der Waals surface area contributed by atoms with E-state index in [1.807, 2.05) is 0 Å². The molecule has 3 heterocycles. The molecule has 12 rings (SSSR count). The smallest absolute Gasteiger partial charge is 0.252 e. The van der Waals surface area contributed by atoms with Crippen LogP contribution in [0.5, 0.6) is 0 Å². The highest BCUT2D eigenvalue weighted by Crippen LogP contribution is 2.65. The zero-order chi connectivity index (χ0) is 51.3. The molecule has 1 aliphatic carbocycles. The summed E-state index contributed by atoms with van der Waals surface area (Å²) >= 11 is 0. The van der Waals surface area contributed by atoms with E-state index in [2.05, 4.69) is 269 Å².